The Bertz CT molecular complexity index is 825. The fraction of sp³-hybridized carbons (Fsp3) is 0.391. The highest BCUT2D eigenvalue weighted by atomic mass is 16.5. The summed E-state index contributed by atoms with van der Waals surface area (Å²) >= 11 is 0. The second-order valence-corrected chi connectivity index (χ2v) is 7.62. The standard InChI is InChI=1S/C23H28N2O3/c1-16-4-6-19(7-5-16)14-25-15-20(13-22(25)26)23(27)24-8-9-28-21-11-17(2)10-18(3)12-21/h4-7,10-12,20H,8-9,13-15H2,1-3H3,(H,24,27). The molecule has 1 heterocycles. The number of ether oxygens (including phenoxy) is 1. The van der Waals surface area contributed by atoms with Crippen molar-refractivity contribution in [2.24, 2.45) is 5.92 Å². The average Bonchev–Trinajstić information content (AvgIpc) is 3.00. The van der Waals surface area contributed by atoms with Crippen molar-refractivity contribution in [3.8, 4) is 5.75 Å². The van der Waals surface area contributed by atoms with Crippen LogP contribution < -0.4 is 10.1 Å². The second kappa shape index (κ2) is 8.91. The molecule has 1 N–H and O–H groups in total. The molecule has 1 aliphatic rings. The zero-order valence-corrected chi connectivity index (χ0v) is 16.8. The van der Waals surface area contributed by atoms with E-state index < -0.39 is 0 Å². The number of carbonyl (C=O) groups excluding carboxylic acids is 2. The number of likely N-dealkylation sites (tertiary alicyclic amines) is 1. The molecule has 2 amide bonds. The normalized spacial score (nSPS) is 16.3. The minimum atomic E-state index is -0.292. The van der Waals surface area contributed by atoms with Gasteiger partial charge in [0.2, 0.25) is 11.8 Å². The Morgan fingerprint density at radius 1 is 1.07 bits per heavy atom. The number of rotatable bonds is 7. The Morgan fingerprint density at radius 3 is 2.43 bits per heavy atom. The van der Waals surface area contributed by atoms with E-state index in [0.717, 1.165) is 22.4 Å². The average molecular weight is 380 g/mol. The number of nitrogens with one attached hydrogen (secondary N) is 1. The lowest BCUT2D eigenvalue weighted by atomic mass is 10.1. The van der Waals surface area contributed by atoms with Gasteiger partial charge in [-0.3, -0.25) is 9.59 Å². The van der Waals surface area contributed by atoms with Crippen molar-refractivity contribution in [2.45, 2.75) is 33.7 Å². The van der Waals surface area contributed by atoms with Gasteiger partial charge in [-0.15, -0.1) is 0 Å². The van der Waals surface area contributed by atoms with Crippen molar-refractivity contribution in [1.82, 2.24) is 10.2 Å². The predicted octanol–water partition coefficient (Wildman–Crippen LogP) is 3.16. The van der Waals surface area contributed by atoms with Crippen LogP contribution in [0, 0.1) is 26.7 Å². The maximum atomic E-state index is 12.4. The molecule has 5 heteroatoms. The van der Waals surface area contributed by atoms with Crippen LogP contribution >= 0.6 is 0 Å². The minimum Gasteiger partial charge on any atom is -0.492 e. The SMILES string of the molecule is Cc1ccc(CN2CC(C(=O)NCCOc3cc(C)cc(C)c3)CC2=O)cc1. The first-order chi connectivity index (χ1) is 13.4. The van der Waals surface area contributed by atoms with Gasteiger partial charge in [-0.25, -0.2) is 0 Å². The molecule has 1 aliphatic heterocycles. The minimum absolute atomic E-state index is 0.0345. The number of nitrogens with zero attached hydrogens (tertiary/aromatic N) is 1. The number of aryl methyl sites for hydroxylation is 3. The van der Waals surface area contributed by atoms with E-state index in [0.29, 0.717) is 26.2 Å². The fourth-order valence-electron chi connectivity index (χ4n) is 3.52. The zero-order valence-electron chi connectivity index (χ0n) is 16.8. The third-order valence-corrected chi connectivity index (χ3v) is 4.94. The molecular weight excluding hydrogens is 352 g/mol. The molecule has 2 aromatic carbocycles. The molecule has 0 radical (unpaired) electrons. The van der Waals surface area contributed by atoms with Gasteiger partial charge < -0.3 is 15.0 Å². The zero-order chi connectivity index (χ0) is 20.1. The summed E-state index contributed by atoms with van der Waals surface area (Å²) in [5, 5.41) is 2.89. The van der Waals surface area contributed by atoms with Crippen molar-refractivity contribution < 1.29 is 14.3 Å². The maximum absolute atomic E-state index is 12.4. The first kappa shape index (κ1) is 19.9. The molecule has 28 heavy (non-hydrogen) atoms. The number of hydrogen-bond acceptors (Lipinski definition) is 3. The molecule has 1 atom stereocenters. The highest BCUT2D eigenvalue weighted by molar-refractivity contribution is 5.89. The highest BCUT2D eigenvalue weighted by Gasteiger charge is 2.34. The molecule has 148 valence electrons. The largest absolute Gasteiger partial charge is 0.492 e. The van der Waals surface area contributed by atoms with Gasteiger partial charge in [0.1, 0.15) is 12.4 Å². The molecule has 0 aromatic heterocycles. The summed E-state index contributed by atoms with van der Waals surface area (Å²) in [6.45, 7) is 7.95. The highest BCUT2D eigenvalue weighted by Crippen LogP contribution is 2.21. The molecule has 0 spiro atoms. The van der Waals surface area contributed by atoms with Crippen LogP contribution in [-0.2, 0) is 16.1 Å². The second-order valence-electron chi connectivity index (χ2n) is 7.62. The van der Waals surface area contributed by atoms with Gasteiger partial charge in [0.25, 0.3) is 0 Å². The van der Waals surface area contributed by atoms with Gasteiger partial charge >= 0.3 is 0 Å². The van der Waals surface area contributed by atoms with Crippen molar-refractivity contribution in [3.05, 3.63) is 64.7 Å². The molecule has 0 aliphatic carbocycles. The van der Waals surface area contributed by atoms with E-state index in [4.69, 9.17) is 4.74 Å². The van der Waals surface area contributed by atoms with Gasteiger partial charge in [0.15, 0.2) is 0 Å². The van der Waals surface area contributed by atoms with Gasteiger partial charge in [-0.1, -0.05) is 35.9 Å². The quantitative estimate of drug-likeness (QED) is 0.751. The van der Waals surface area contributed by atoms with Crippen LogP contribution in [0.25, 0.3) is 0 Å². The Labute approximate surface area is 166 Å². The molecule has 1 fully saturated rings. The maximum Gasteiger partial charge on any atom is 0.225 e. The van der Waals surface area contributed by atoms with Crippen LogP contribution in [0.15, 0.2) is 42.5 Å². The van der Waals surface area contributed by atoms with Crippen LogP contribution in [0.5, 0.6) is 5.75 Å². The van der Waals surface area contributed by atoms with Gasteiger partial charge in [-0.05, 0) is 49.6 Å². The van der Waals surface area contributed by atoms with Gasteiger partial charge in [-0.2, -0.15) is 0 Å². The third kappa shape index (κ3) is 5.35. The topological polar surface area (TPSA) is 58.6 Å². The van der Waals surface area contributed by atoms with E-state index in [1.54, 1.807) is 4.90 Å². The molecule has 2 aromatic rings. The summed E-state index contributed by atoms with van der Waals surface area (Å²) in [4.78, 5) is 26.4. The van der Waals surface area contributed by atoms with Gasteiger partial charge in [0, 0.05) is 19.5 Å². The predicted molar refractivity (Wildman–Crippen MR) is 109 cm³/mol. The Kier molecular flexibility index (Phi) is 6.34. The fourth-order valence-corrected chi connectivity index (χ4v) is 3.52. The lowest BCUT2D eigenvalue weighted by Crippen LogP contribution is -2.35. The molecular formula is C23H28N2O3. The number of benzene rings is 2. The first-order valence-corrected chi connectivity index (χ1v) is 9.73. The van der Waals surface area contributed by atoms with Crippen molar-refractivity contribution >= 4 is 11.8 Å². The summed E-state index contributed by atoms with van der Waals surface area (Å²) in [6.07, 6.45) is 0.273. The molecule has 1 saturated heterocycles. The van der Waals surface area contributed by atoms with Gasteiger partial charge in [0.05, 0.1) is 12.5 Å². The molecule has 0 saturated carbocycles. The monoisotopic (exact) mass is 380 g/mol. The smallest absolute Gasteiger partial charge is 0.225 e. The van der Waals surface area contributed by atoms with Crippen LogP contribution in [0.3, 0.4) is 0 Å². The van der Waals surface area contributed by atoms with E-state index in [1.165, 1.54) is 5.56 Å². The number of hydrogen-bond donors (Lipinski definition) is 1. The summed E-state index contributed by atoms with van der Waals surface area (Å²) in [6, 6.07) is 14.2. The van der Waals surface area contributed by atoms with Crippen molar-refractivity contribution in [1.29, 1.82) is 0 Å². The summed E-state index contributed by atoms with van der Waals surface area (Å²) < 4.78 is 5.72. The summed E-state index contributed by atoms with van der Waals surface area (Å²) in [5.74, 6) is 0.474. The van der Waals surface area contributed by atoms with E-state index in [2.05, 4.69) is 11.4 Å². The Morgan fingerprint density at radius 2 is 1.75 bits per heavy atom. The molecule has 5 nitrogen and oxygen atoms in total. The van der Waals surface area contributed by atoms with Crippen molar-refractivity contribution in [2.75, 3.05) is 19.7 Å². The van der Waals surface area contributed by atoms with Crippen LogP contribution in [0.2, 0.25) is 0 Å². The molecule has 3 rings (SSSR count). The lowest BCUT2D eigenvalue weighted by Gasteiger charge is -2.17. The summed E-state index contributed by atoms with van der Waals surface area (Å²) in [7, 11) is 0. The Hall–Kier alpha value is -2.82. The number of amides is 2. The molecule has 1 unspecified atom stereocenters. The van der Waals surface area contributed by atoms with Crippen LogP contribution in [0.1, 0.15) is 28.7 Å². The van der Waals surface area contributed by atoms with Crippen LogP contribution in [-0.4, -0.2) is 36.4 Å². The van der Waals surface area contributed by atoms with E-state index >= 15 is 0 Å². The van der Waals surface area contributed by atoms with E-state index in [9.17, 15) is 9.59 Å². The van der Waals surface area contributed by atoms with E-state index in [1.807, 2.05) is 57.2 Å². The Balaban J connectivity index is 1.43. The molecule has 0 bridgehead atoms. The van der Waals surface area contributed by atoms with E-state index in [-0.39, 0.29) is 24.2 Å². The number of carbonyl (C=O) groups is 2. The van der Waals surface area contributed by atoms with Crippen LogP contribution in [0.4, 0.5) is 0 Å². The lowest BCUT2D eigenvalue weighted by molar-refractivity contribution is -0.129. The first-order valence-electron chi connectivity index (χ1n) is 9.73. The summed E-state index contributed by atoms with van der Waals surface area (Å²) in [5.41, 5.74) is 4.58. The van der Waals surface area contributed by atoms with Crippen molar-refractivity contribution in [3.63, 3.8) is 0 Å². The third-order valence-electron chi connectivity index (χ3n) is 4.94.